The number of carbonyl (C=O) groups is 1. The number of hydrogen-bond acceptors (Lipinski definition) is 2. The maximum atomic E-state index is 9.93. The summed E-state index contributed by atoms with van der Waals surface area (Å²) >= 11 is 0. The Kier molecular flexibility index (Phi) is 5.52. The van der Waals surface area contributed by atoms with Crippen LogP contribution >= 0.6 is 0 Å². The van der Waals surface area contributed by atoms with Gasteiger partial charge in [-0.15, -0.1) is 0 Å². The summed E-state index contributed by atoms with van der Waals surface area (Å²) < 4.78 is 4.92. The Balaban J connectivity index is 0.000000291. The van der Waals surface area contributed by atoms with Crippen LogP contribution in [-0.2, 0) is 9.53 Å². The van der Waals surface area contributed by atoms with E-state index in [1.165, 1.54) is 0 Å². The first-order chi connectivity index (χ1) is 4.43. The predicted molar refractivity (Wildman–Crippen MR) is 36.3 cm³/mol. The van der Waals surface area contributed by atoms with Gasteiger partial charge in [-0.05, 0) is 6.42 Å². The molecule has 1 atom stereocenters. The van der Waals surface area contributed by atoms with E-state index in [9.17, 15) is 4.79 Å². The van der Waals surface area contributed by atoms with Crippen molar-refractivity contribution in [2.24, 2.45) is 5.92 Å². The molecular weight excluding hydrogens is 116 g/mol. The molecule has 0 aromatic carbocycles. The Morgan fingerprint density at radius 3 is 2.44 bits per heavy atom. The molecule has 1 aliphatic rings. The van der Waals surface area contributed by atoms with Gasteiger partial charge in [-0.25, -0.2) is 0 Å². The van der Waals surface area contributed by atoms with Crippen LogP contribution in [-0.4, -0.2) is 19.5 Å². The third kappa shape index (κ3) is 3.25. The van der Waals surface area contributed by atoms with Gasteiger partial charge in [0, 0.05) is 12.5 Å². The van der Waals surface area contributed by atoms with Gasteiger partial charge in [-0.2, -0.15) is 0 Å². The van der Waals surface area contributed by atoms with Crippen LogP contribution in [0.2, 0.25) is 0 Å². The van der Waals surface area contributed by atoms with E-state index in [-0.39, 0.29) is 5.92 Å². The van der Waals surface area contributed by atoms with Crippen molar-refractivity contribution in [2.75, 3.05) is 13.2 Å². The number of aldehydes is 1. The van der Waals surface area contributed by atoms with Crippen LogP contribution in [0.1, 0.15) is 20.3 Å². The highest BCUT2D eigenvalue weighted by atomic mass is 16.5. The molecule has 0 spiro atoms. The molecule has 1 fully saturated rings. The zero-order chi connectivity index (χ0) is 7.11. The van der Waals surface area contributed by atoms with E-state index in [0.29, 0.717) is 6.61 Å². The molecular formula is C7H14O2. The van der Waals surface area contributed by atoms with Gasteiger partial charge in [0.05, 0.1) is 6.61 Å². The van der Waals surface area contributed by atoms with E-state index in [1.807, 2.05) is 13.8 Å². The first-order valence-electron chi connectivity index (χ1n) is 3.46. The van der Waals surface area contributed by atoms with Crippen molar-refractivity contribution in [1.82, 2.24) is 0 Å². The van der Waals surface area contributed by atoms with E-state index in [0.717, 1.165) is 19.3 Å². The van der Waals surface area contributed by atoms with E-state index in [2.05, 4.69) is 0 Å². The molecule has 2 nitrogen and oxygen atoms in total. The molecule has 0 bridgehead atoms. The second-order valence-electron chi connectivity index (χ2n) is 1.76. The minimum Gasteiger partial charge on any atom is -0.381 e. The molecule has 1 unspecified atom stereocenters. The summed E-state index contributed by atoms with van der Waals surface area (Å²) in [5.74, 6) is 0.194. The van der Waals surface area contributed by atoms with Crippen LogP contribution in [0, 0.1) is 5.92 Å². The Morgan fingerprint density at radius 1 is 1.56 bits per heavy atom. The van der Waals surface area contributed by atoms with Crippen LogP contribution in [0.15, 0.2) is 0 Å². The number of ether oxygens (including phenoxy) is 1. The fraction of sp³-hybridized carbons (Fsp3) is 0.857. The van der Waals surface area contributed by atoms with Gasteiger partial charge in [0.15, 0.2) is 0 Å². The largest absolute Gasteiger partial charge is 0.381 e. The van der Waals surface area contributed by atoms with E-state index in [4.69, 9.17) is 4.74 Å². The minimum absolute atomic E-state index is 0.194. The monoisotopic (exact) mass is 130 g/mol. The molecule has 2 heteroatoms. The number of hydrogen-bond donors (Lipinski definition) is 0. The van der Waals surface area contributed by atoms with Crippen molar-refractivity contribution in [2.45, 2.75) is 20.3 Å². The smallest absolute Gasteiger partial charge is 0.125 e. The first-order valence-corrected chi connectivity index (χ1v) is 3.46. The predicted octanol–water partition coefficient (Wildman–Crippen LogP) is 1.25. The molecule has 0 amide bonds. The summed E-state index contributed by atoms with van der Waals surface area (Å²) in [6, 6.07) is 0. The summed E-state index contributed by atoms with van der Waals surface area (Å²) in [6.45, 7) is 5.41. The van der Waals surface area contributed by atoms with Crippen molar-refractivity contribution in [3.63, 3.8) is 0 Å². The number of rotatable bonds is 1. The molecule has 0 radical (unpaired) electrons. The Bertz CT molecular complexity index is 65.3. The lowest BCUT2D eigenvalue weighted by Gasteiger charge is -1.88. The van der Waals surface area contributed by atoms with E-state index in [1.54, 1.807) is 0 Å². The Labute approximate surface area is 56.2 Å². The van der Waals surface area contributed by atoms with Gasteiger partial charge in [-0.3, -0.25) is 0 Å². The molecule has 0 saturated carbocycles. The summed E-state index contributed by atoms with van der Waals surface area (Å²) in [6.07, 6.45) is 1.89. The lowest BCUT2D eigenvalue weighted by molar-refractivity contribution is -0.111. The molecule has 54 valence electrons. The molecule has 1 rings (SSSR count). The third-order valence-electron chi connectivity index (χ3n) is 1.16. The Morgan fingerprint density at radius 2 is 2.22 bits per heavy atom. The van der Waals surface area contributed by atoms with E-state index < -0.39 is 0 Å². The fourth-order valence-corrected chi connectivity index (χ4v) is 0.660. The maximum absolute atomic E-state index is 9.93. The summed E-state index contributed by atoms with van der Waals surface area (Å²) in [4.78, 5) is 9.93. The maximum Gasteiger partial charge on any atom is 0.125 e. The number of carbonyl (C=O) groups excluding carboxylic acids is 1. The van der Waals surface area contributed by atoms with Crippen molar-refractivity contribution in [3.05, 3.63) is 0 Å². The van der Waals surface area contributed by atoms with Gasteiger partial charge in [0.2, 0.25) is 0 Å². The highest BCUT2D eigenvalue weighted by Gasteiger charge is 2.12. The molecule has 9 heavy (non-hydrogen) atoms. The van der Waals surface area contributed by atoms with Crippen LogP contribution < -0.4 is 0 Å². The third-order valence-corrected chi connectivity index (χ3v) is 1.16. The highest BCUT2D eigenvalue weighted by molar-refractivity contribution is 5.53. The molecule has 0 N–H and O–H groups in total. The van der Waals surface area contributed by atoms with Gasteiger partial charge in [0.25, 0.3) is 0 Å². The van der Waals surface area contributed by atoms with Crippen LogP contribution in [0.5, 0.6) is 0 Å². The average molecular weight is 130 g/mol. The van der Waals surface area contributed by atoms with Crippen LogP contribution in [0.3, 0.4) is 0 Å². The Hall–Kier alpha value is -0.370. The second kappa shape index (κ2) is 5.76. The summed E-state index contributed by atoms with van der Waals surface area (Å²) in [5, 5.41) is 0. The van der Waals surface area contributed by atoms with Crippen molar-refractivity contribution in [3.8, 4) is 0 Å². The molecule has 1 heterocycles. The average Bonchev–Trinajstić information content (AvgIpc) is 2.43. The first kappa shape index (κ1) is 8.63. The quantitative estimate of drug-likeness (QED) is 0.499. The molecule has 1 saturated heterocycles. The summed E-state index contributed by atoms with van der Waals surface area (Å²) in [7, 11) is 0. The normalized spacial score (nSPS) is 24.4. The van der Waals surface area contributed by atoms with Crippen molar-refractivity contribution >= 4 is 6.29 Å². The molecule has 0 aliphatic carbocycles. The van der Waals surface area contributed by atoms with Crippen molar-refractivity contribution < 1.29 is 9.53 Å². The SMILES string of the molecule is CC.O=CC1CCOC1. The molecule has 0 aromatic heterocycles. The standard InChI is InChI=1S/C5H8O2.C2H6/c6-3-5-1-2-7-4-5;1-2/h3,5H,1-2,4H2;1-2H3. The van der Waals surface area contributed by atoms with Gasteiger partial charge < -0.3 is 9.53 Å². The topological polar surface area (TPSA) is 26.3 Å². The van der Waals surface area contributed by atoms with Crippen LogP contribution in [0.4, 0.5) is 0 Å². The second-order valence-corrected chi connectivity index (χ2v) is 1.76. The summed E-state index contributed by atoms with van der Waals surface area (Å²) in [5.41, 5.74) is 0. The lowest BCUT2D eigenvalue weighted by Crippen LogP contribution is -1.98. The van der Waals surface area contributed by atoms with Crippen LogP contribution in [0.25, 0.3) is 0 Å². The van der Waals surface area contributed by atoms with Gasteiger partial charge >= 0.3 is 0 Å². The highest BCUT2D eigenvalue weighted by Crippen LogP contribution is 2.07. The molecule has 0 aromatic rings. The fourth-order valence-electron chi connectivity index (χ4n) is 0.660. The van der Waals surface area contributed by atoms with Crippen molar-refractivity contribution in [1.29, 1.82) is 0 Å². The minimum atomic E-state index is 0.194. The zero-order valence-corrected chi connectivity index (χ0v) is 6.09. The van der Waals surface area contributed by atoms with E-state index >= 15 is 0 Å². The van der Waals surface area contributed by atoms with Gasteiger partial charge in [0.1, 0.15) is 6.29 Å². The zero-order valence-electron chi connectivity index (χ0n) is 6.09. The van der Waals surface area contributed by atoms with Gasteiger partial charge in [-0.1, -0.05) is 13.8 Å². The lowest BCUT2D eigenvalue weighted by atomic mass is 10.2. The molecule has 1 aliphatic heterocycles.